The Hall–Kier alpha value is -1.27. The molecule has 0 aliphatic heterocycles. The van der Waals surface area contributed by atoms with Crippen molar-refractivity contribution < 1.29 is 22.7 Å². The first-order valence-electron chi connectivity index (χ1n) is 4.56. The Morgan fingerprint density at radius 3 is 2.62 bits per heavy atom. The van der Waals surface area contributed by atoms with Crippen LogP contribution in [0.15, 0.2) is 17.0 Å². The Bertz CT molecular complexity index is 577. The van der Waals surface area contributed by atoms with Crippen LogP contribution in [0.1, 0.15) is 28.4 Å². The summed E-state index contributed by atoms with van der Waals surface area (Å²) in [6.45, 7) is 0. The fraction of sp³-hybridized carbons (Fsp3) is 0.300. The van der Waals surface area contributed by atoms with Gasteiger partial charge in [-0.1, -0.05) is 0 Å². The highest BCUT2D eigenvalue weighted by Crippen LogP contribution is 2.36. The average Bonchev–Trinajstić information content (AvgIpc) is 2.42. The predicted molar refractivity (Wildman–Crippen MR) is 53.4 cm³/mol. The number of ketones is 1. The standard InChI is InChI=1S/C10H9FO4S/c1-16(14,15)8-3-2-5(11)9-6(12)4-7(13)10(8)9/h2-3,6,12H,4H2,1H3/t6-/m1/s1. The van der Waals surface area contributed by atoms with Crippen LogP contribution in [0.25, 0.3) is 0 Å². The number of hydrogen-bond acceptors (Lipinski definition) is 4. The highest BCUT2D eigenvalue weighted by Gasteiger charge is 2.35. The van der Waals surface area contributed by atoms with Gasteiger partial charge in [0.25, 0.3) is 0 Å². The number of carbonyl (C=O) groups excluding carboxylic acids is 1. The van der Waals surface area contributed by atoms with Crippen molar-refractivity contribution >= 4 is 15.6 Å². The largest absolute Gasteiger partial charge is 0.388 e. The summed E-state index contributed by atoms with van der Waals surface area (Å²) in [5.74, 6) is -1.29. The first-order valence-corrected chi connectivity index (χ1v) is 6.45. The Balaban J connectivity index is 2.84. The molecule has 0 unspecified atom stereocenters. The van der Waals surface area contributed by atoms with E-state index in [4.69, 9.17) is 0 Å². The number of benzene rings is 1. The van der Waals surface area contributed by atoms with Crippen LogP contribution >= 0.6 is 0 Å². The summed E-state index contributed by atoms with van der Waals surface area (Å²) in [6, 6.07) is 2.01. The van der Waals surface area contributed by atoms with Crippen LogP contribution in [0.2, 0.25) is 0 Å². The lowest BCUT2D eigenvalue weighted by molar-refractivity contribution is 0.0927. The third-order valence-corrected chi connectivity index (χ3v) is 3.68. The molecular formula is C10H9FO4S. The van der Waals surface area contributed by atoms with E-state index in [1.807, 2.05) is 0 Å². The highest BCUT2D eigenvalue weighted by atomic mass is 32.2. The van der Waals surface area contributed by atoms with Crippen LogP contribution in [0.3, 0.4) is 0 Å². The third-order valence-electron chi connectivity index (χ3n) is 2.54. The molecule has 0 heterocycles. The molecule has 86 valence electrons. The number of fused-ring (bicyclic) bond motifs is 1. The molecule has 0 spiro atoms. The Labute approximate surface area is 91.6 Å². The lowest BCUT2D eigenvalue weighted by Gasteiger charge is -2.07. The molecule has 0 radical (unpaired) electrons. The quantitative estimate of drug-likeness (QED) is 0.743. The van der Waals surface area contributed by atoms with Gasteiger partial charge in [-0.15, -0.1) is 0 Å². The van der Waals surface area contributed by atoms with Crippen LogP contribution in [0.5, 0.6) is 0 Å². The van der Waals surface area contributed by atoms with Gasteiger partial charge in [0.05, 0.1) is 11.0 Å². The van der Waals surface area contributed by atoms with Gasteiger partial charge in [0.2, 0.25) is 0 Å². The van der Waals surface area contributed by atoms with Crippen LogP contribution < -0.4 is 0 Å². The molecule has 0 aromatic heterocycles. The minimum atomic E-state index is -3.60. The Morgan fingerprint density at radius 2 is 2.06 bits per heavy atom. The fourth-order valence-electron chi connectivity index (χ4n) is 1.88. The molecule has 1 aliphatic rings. The number of halogens is 1. The van der Waals surface area contributed by atoms with Crippen molar-refractivity contribution in [3.8, 4) is 0 Å². The second kappa shape index (κ2) is 3.36. The Morgan fingerprint density at radius 1 is 1.44 bits per heavy atom. The molecule has 0 amide bonds. The molecule has 4 nitrogen and oxygen atoms in total. The van der Waals surface area contributed by atoms with E-state index in [1.165, 1.54) is 0 Å². The van der Waals surface area contributed by atoms with E-state index in [0.717, 1.165) is 18.4 Å². The van der Waals surface area contributed by atoms with Crippen molar-refractivity contribution in [2.24, 2.45) is 0 Å². The minimum absolute atomic E-state index is 0.199. The summed E-state index contributed by atoms with van der Waals surface area (Å²) in [6.07, 6.45) is -0.568. The van der Waals surface area contributed by atoms with Crippen LogP contribution in [0.4, 0.5) is 4.39 Å². The Kier molecular flexibility index (Phi) is 2.36. The van der Waals surface area contributed by atoms with Gasteiger partial charge in [0, 0.05) is 23.8 Å². The first kappa shape index (κ1) is 11.2. The molecule has 1 aliphatic carbocycles. The number of rotatable bonds is 1. The van der Waals surface area contributed by atoms with Crippen molar-refractivity contribution in [1.82, 2.24) is 0 Å². The van der Waals surface area contributed by atoms with Crippen LogP contribution in [-0.4, -0.2) is 25.6 Å². The second-order valence-electron chi connectivity index (χ2n) is 3.75. The molecule has 2 rings (SSSR count). The molecule has 1 aromatic rings. The van der Waals surface area contributed by atoms with Crippen molar-refractivity contribution in [1.29, 1.82) is 0 Å². The maximum absolute atomic E-state index is 13.4. The number of aliphatic hydroxyl groups excluding tert-OH is 1. The van der Waals surface area contributed by atoms with Crippen molar-refractivity contribution in [2.45, 2.75) is 17.4 Å². The third kappa shape index (κ3) is 1.54. The monoisotopic (exact) mass is 244 g/mol. The van der Waals surface area contributed by atoms with Crippen molar-refractivity contribution in [2.75, 3.05) is 6.26 Å². The molecule has 16 heavy (non-hydrogen) atoms. The number of sulfone groups is 1. The van der Waals surface area contributed by atoms with E-state index >= 15 is 0 Å². The van der Waals surface area contributed by atoms with Gasteiger partial charge >= 0.3 is 0 Å². The van der Waals surface area contributed by atoms with Crippen LogP contribution in [-0.2, 0) is 9.84 Å². The number of Topliss-reactive ketones (excluding diaryl/α,β-unsaturated/α-hetero) is 1. The van der Waals surface area contributed by atoms with Crippen molar-refractivity contribution in [3.05, 3.63) is 29.1 Å². The summed E-state index contributed by atoms with van der Waals surface area (Å²) in [4.78, 5) is 11.3. The summed E-state index contributed by atoms with van der Waals surface area (Å²) in [7, 11) is -3.60. The number of aliphatic hydroxyl groups is 1. The molecule has 1 atom stereocenters. The predicted octanol–water partition coefficient (Wildman–Crippen LogP) is 0.849. The summed E-state index contributed by atoms with van der Waals surface area (Å²) in [5, 5.41) is 9.47. The van der Waals surface area contributed by atoms with E-state index in [-0.39, 0.29) is 22.4 Å². The van der Waals surface area contributed by atoms with Gasteiger partial charge in [0.1, 0.15) is 5.82 Å². The van der Waals surface area contributed by atoms with E-state index in [2.05, 4.69) is 0 Å². The van der Waals surface area contributed by atoms with Crippen LogP contribution in [0, 0.1) is 5.82 Å². The minimum Gasteiger partial charge on any atom is -0.388 e. The van der Waals surface area contributed by atoms with E-state index in [9.17, 15) is 22.7 Å². The van der Waals surface area contributed by atoms with Gasteiger partial charge in [-0.05, 0) is 12.1 Å². The zero-order chi connectivity index (χ0) is 12.1. The smallest absolute Gasteiger partial charge is 0.176 e. The first-order chi connectivity index (χ1) is 7.32. The molecule has 0 fully saturated rings. The van der Waals surface area contributed by atoms with Gasteiger partial charge in [-0.2, -0.15) is 0 Å². The molecule has 0 saturated heterocycles. The summed E-state index contributed by atoms with van der Waals surface area (Å²) < 4.78 is 36.2. The van der Waals surface area contributed by atoms with E-state index in [1.54, 1.807) is 0 Å². The number of hydrogen-bond donors (Lipinski definition) is 1. The maximum Gasteiger partial charge on any atom is 0.176 e. The molecule has 1 aromatic carbocycles. The zero-order valence-electron chi connectivity index (χ0n) is 8.40. The molecule has 1 N–H and O–H groups in total. The molecule has 6 heteroatoms. The lowest BCUT2D eigenvalue weighted by Crippen LogP contribution is -2.06. The van der Waals surface area contributed by atoms with E-state index in [0.29, 0.717) is 0 Å². The molecular weight excluding hydrogens is 235 g/mol. The van der Waals surface area contributed by atoms with Gasteiger partial charge < -0.3 is 5.11 Å². The lowest BCUT2D eigenvalue weighted by atomic mass is 10.1. The van der Waals surface area contributed by atoms with Gasteiger partial charge in [-0.25, -0.2) is 12.8 Å². The van der Waals surface area contributed by atoms with Gasteiger partial charge in [-0.3, -0.25) is 4.79 Å². The topological polar surface area (TPSA) is 71.4 Å². The SMILES string of the molecule is CS(=O)(=O)c1ccc(F)c2c1C(=O)C[C@H]2O. The maximum atomic E-state index is 13.4. The van der Waals surface area contributed by atoms with Gasteiger partial charge in [0.15, 0.2) is 15.6 Å². The zero-order valence-corrected chi connectivity index (χ0v) is 9.21. The molecule has 0 bridgehead atoms. The second-order valence-corrected chi connectivity index (χ2v) is 5.73. The fourth-order valence-corrected chi connectivity index (χ4v) is 2.79. The average molecular weight is 244 g/mol. The summed E-state index contributed by atoms with van der Waals surface area (Å²) >= 11 is 0. The van der Waals surface area contributed by atoms with Crippen molar-refractivity contribution in [3.63, 3.8) is 0 Å². The van der Waals surface area contributed by atoms with E-state index < -0.39 is 27.5 Å². The number of carbonyl (C=O) groups is 1. The summed E-state index contributed by atoms with van der Waals surface area (Å²) in [5.41, 5.74) is -0.400. The molecule has 0 saturated carbocycles. The highest BCUT2D eigenvalue weighted by molar-refractivity contribution is 7.90. The normalized spacial score (nSPS) is 19.9.